The summed E-state index contributed by atoms with van der Waals surface area (Å²) < 4.78 is 15.0. The SMILES string of the molecule is CNCCNCCSCN1C=C(S[C@@H]2C(=O)N3C(C(=O)O)=CCS[C@@H]23)SN1NC(=O)C(=NOCCF)c1nc(N)sc1Cl. The van der Waals surface area contributed by atoms with Crippen molar-refractivity contribution in [1.82, 2.24) is 35.5 Å². The number of hydrogen-bond donors (Lipinski definition) is 5. The average molecular weight is 714 g/mol. The number of alkyl halides is 1. The minimum Gasteiger partial charge on any atom is -0.477 e. The molecule has 21 heteroatoms. The summed E-state index contributed by atoms with van der Waals surface area (Å²) >= 11 is 12.8. The van der Waals surface area contributed by atoms with E-state index in [0.717, 1.165) is 36.7 Å². The number of thiazole rings is 1. The van der Waals surface area contributed by atoms with E-state index in [0.29, 0.717) is 15.9 Å². The Hall–Kier alpha value is -1.91. The van der Waals surface area contributed by atoms with E-state index < -0.39 is 23.8 Å². The van der Waals surface area contributed by atoms with Crippen molar-refractivity contribution in [3.05, 3.63) is 32.2 Å². The molecule has 0 aliphatic carbocycles. The highest BCUT2D eigenvalue weighted by Gasteiger charge is 2.53. The number of aliphatic carboxylic acids is 1. The Bertz CT molecular complexity index is 1290. The van der Waals surface area contributed by atoms with Crippen LogP contribution in [0.15, 0.2) is 27.4 Å². The number of carboxylic acid groups (broad SMARTS) is 1. The number of nitrogens with one attached hydrogen (secondary N) is 3. The number of likely N-dealkylation sites (N-methyl/N-ethyl adjacent to an activating group) is 1. The molecule has 2 amide bonds. The standard InChI is InChI=1S/C22H29ClFN9O5S5/c1-26-4-5-27-6-9-39-11-31-10-13(41-16-19(35)32-12(21(36)37)2-8-40-20(16)32)43-33(31)29-18(34)15(30-38-7-3-24)14-17(23)42-22(25)28-14/h2,10,16,20,26-27H,3-9,11H2,1H3,(H2,25,28)(H,29,34)(H,36,37)/t16-,20+/m1/s1. The lowest BCUT2D eigenvalue weighted by Gasteiger charge is -2.47. The van der Waals surface area contributed by atoms with Crippen molar-refractivity contribution in [2.45, 2.75) is 10.6 Å². The van der Waals surface area contributed by atoms with Crippen LogP contribution in [0.2, 0.25) is 4.34 Å². The number of carbonyl (C=O) groups excluding carboxylic acids is 2. The Balaban J connectivity index is 1.45. The van der Waals surface area contributed by atoms with Crippen LogP contribution < -0.4 is 21.8 Å². The van der Waals surface area contributed by atoms with Gasteiger partial charge in [-0.15, -0.1) is 23.5 Å². The Labute approximate surface area is 272 Å². The van der Waals surface area contributed by atoms with Gasteiger partial charge in [-0.25, -0.2) is 14.2 Å². The van der Waals surface area contributed by atoms with Crippen LogP contribution in [0, 0.1) is 0 Å². The molecule has 43 heavy (non-hydrogen) atoms. The van der Waals surface area contributed by atoms with Crippen LogP contribution in [-0.4, -0.2) is 116 Å². The summed E-state index contributed by atoms with van der Waals surface area (Å²) in [6.45, 7) is 1.28. The number of nitrogen functional groups attached to an aromatic ring is 1. The molecule has 1 saturated heterocycles. The fourth-order valence-electron chi connectivity index (χ4n) is 3.75. The molecule has 0 bridgehead atoms. The van der Waals surface area contributed by atoms with Crippen LogP contribution in [0.3, 0.4) is 0 Å². The second kappa shape index (κ2) is 16.4. The number of fused-ring (bicyclic) bond motifs is 1. The zero-order valence-electron chi connectivity index (χ0n) is 22.7. The number of carbonyl (C=O) groups is 3. The van der Waals surface area contributed by atoms with Gasteiger partial charge in [0.2, 0.25) is 5.91 Å². The predicted molar refractivity (Wildman–Crippen MR) is 172 cm³/mol. The van der Waals surface area contributed by atoms with Gasteiger partial charge in [0.1, 0.15) is 39.6 Å². The lowest BCUT2D eigenvalue weighted by atomic mass is 10.1. The first kappa shape index (κ1) is 34.0. The first-order chi connectivity index (χ1) is 20.7. The fourth-order valence-corrected chi connectivity index (χ4v) is 9.31. The summed E-state index contributed by atoms with van der Waals surface area (Å²) in [4.78, 5) is 48.2. The molecule has 3 aliphatic rings. The molecule has 6 N–H and O–H groups in total. The number of halogens is 2. The molecule has 4 heterocycles. The normalized spacial score (nSPS) is 20.4. The number of oxime groups is 1. The number of nitrogens with two attached hydrogens (primary N) is 1. The molecule has 1 fully saturated rings. The van der Waals surface area contributed by atoms with Gasteiger partial charge in [-0.3, -0.25) is 24.9 Å². The van der Waals surface area contributed by atoms with Crippen molar-refractivity contribution in [3.8, 4) is 0 Å². The molecule has 2 atom stereocenters. The third-order valence-corrected chi connectivity index (χ3v) is 11.4. The summed E-state index contributed by atoms with van der Waals surface area (Å²) in [5, 5.41) is 20.7. The number of β-lactam (4-membered cyclic amide) rings is 1. The molecule has 236 valence electrons. The van der Waals surface area contributed by atoms with E-state index in [1.807, 2.05) is 7.05 Å². The van der Waals surface area contributed by atoms with E-state index in [-0.39, 0.29) is 44.5 Å². The van der Waals surface area contributed by atoms with Gasteiger partial charge in [0.25, 0.3) is 5.91 Å². The minimum atomic E-state index is -1.14. The maximum Gasteiger partial charge on any atom is 0.352 e. The second-order valence-corrected chi connectivity index (χ2v) is 14.9. The average Bonchev–Trinajstić information content (AvgIpc) is 3.53. The molecule has 14 nitrogen and oxygen atoms in total. The largest absolute Gasteiger partial charge is 0.477 e. The number of hydrazine groups is 2. The fraction of sp³-hybridized carbons (Fsp3) is 0.500. The number of rotatable bonds is 17. The zero-order chi connectivity index (χ0) is 30.9. The topological polar surface area (TPSA) is 178 Å². The van der Waals surface area contributed by atoms with Crippen molar-refractivity contribution in [1.29, 1.82) is 0 Å². The molecular weight excluding hydrogens is 685 g/mol. The minimum absolute atomic E-state index is 0.00221. The third-order valence-electron chi connectivity index (χ3n) is 5.69. The molecule has 0 radical (unpaired) electrons. The van der Waals surface area contributed by atoms with E-state index in [1.54, 1.807) is 23.0 Å². The van der Waals surface area contributed by atoms with Crippen molar-refractivity contribution < 1.29 is 28.7 Å². The quantitative estimate of drug-likeness (QED) is 0.0516. The highest BCUT2D eigenvalue weighted by molar-refractivity contribution is 8.22. The van der Waals surface area contributed by atoms with Gasteiger partial charge >= 0.3 is 5.97 Å². The summed E-state index contributed by atoms with van der Waals surface area (Å²) in [5.74, 6) is -0.420. The van der Waals surface area contributed by atoms with Gasteiger partial charge in [-0.2, -0.15) is 0 Å². The first-order valence-electron chi connectivity index (χ1n) is 12.7. The van der Waals surface area contributed by atoms with E-state index >= 15 is 0 Å². The second-order valence-electron chi connectivity index (χ2n) is 8.59. The van der Waals surface area contributed by atoms with Crippen molar-refractivity contribution in [2.24, 2.45) is 5.16 Å². The molecule has 0 spiro atoms. The van der Waals surface area contributed by atoms with Crippen molar-refractivity contribution in [2.75, 3.05) is 63.1 Å². The number of anilines is 1. The number of carboxylic acids is 1. The van der Waals surface area contributed by atoms with Gasteiger partial charge in [0.05, 0.1) is 10.1 Å². The summed E-state index contributed by atoms with van der Waals surface area (Å²) in [6, 6.07) is 0. The molecule has 3 aliphatic heterocycles. The summed E-state index contributed by atoms with van der Waals surface area (Å²) in [6.07, 6.45) is 3.34. The van der Waals surface area contributed by atoms with E-state index in [9.17, 15) is 23.9 Å². The van der Waals surface area contributed by atoms with Gasteiger partial charge < -0.3 is 26.3 Å². The van der Waals surface area contributed by atoms with Gasteiger partial charge in [-0.05, 0) is 13.1 Å². The number of thioether (sulfide) groups is 3. The van der Waals surface area contributed by atoms with Crippen molar-refractivity contribution >= 4 is 98.8 Å². The molecule has 4 rings (SSSR count). The third kappa shape index (κ3) is 8.63. The van der Waals surface area contributed by atoms with Crippen LogP contribution >= 0.6 is 70.2 Å². The Morgan fingerprint density at radius 3 is 2.88 bits per heavy atom. The van der Waals surface area contributed by atoms with Crippen LogP contribution in [0.1, 0.15) is 5.69 Å². The maximum absolute atomic E-state index is 13.4. The molecule has 0 aromatic carbocycles. The maximum atomic E-state index is 13.4. The highest BCUT2D eigenvalue weighted by Crippen LogP contribution is 2.49. The zero-order valence-corrected chi connectivity index (χ0v) is 27.5. The van der Waals surface area contributed by atoms with Gasteiger partial charge in [0.15, 0.2) is 10.8 Å². The predicted octanol–water partition coefficient (Wildman–Crippen LogP) is 1.56. The summed E-state index contributed by atoms with van der Waals surface area (Å²) in [7, 11) is 1.89. The van der Waals surface area contributed by atoms with Gasteiger partial charge in [0, 0.05) is 49.3 Å². The molecule has 0 saturated carbocycles. The highest BCUT2D eigenvalue weighted by atomic mass is 35.5. The Morgan fingerprint density at radius 1 is 1.37 bits per heavy atom. The molecule has 1 aromatic heterocycles. The number of amides is 2. The molecule has 1 aromatic rings. The van der Waals surface area contributed by atoms with Crippen LogP contribution in [-0.2, 0) is 19.2 Å². The lowest BCUT2D eigenvalue weighted by molar-refractivity contribution is -0.145. The van der Waals surface area contributed by atoms with Crippen LogP contribution in [0.4, 0.5) is 9.52 Å². The number of hydrogen-bond acceptors (Lipinski definition) is 16. The number of aromatic nitrogens is 1. The van der Waals surface area contributed by atoms with Gasteiger partial charge in [-0.1, -0.05) is 44.4 Å². The van der Waals surface area contributed by atoms with Crippen molar-refractivity contribution in [3.63, 3.8) is 0 Å². The van der Waals surface area contributed by atoms with E-state index in [1.165, 1.54) is 51.0 Å². The monoisotopic (exact) mass is 713 g/mol. The Kier molecular flexibility index (Phi) is 13.0. The van der Waals surface area contributed by atoms with Crippen LogP contribution in [0.25, 0.3) is 0 Å². The first-order valence-corrected chi connectivity index (χ1v) is 17.7. The Morgan fingerprint density at radius 2 is 2.19 bits per heavy atom. The van der Waals surface area contributed by atoms with Crippen LogP contribution in [0.5, 0.6) is 0 Å². The summed E-state index contributed by atoms with van der Waals surface area (Å²) in [5.41, 5.74) is 8.20. The molecular formula is C22H29ClFN9O5S5. The van der Waals surface area contributed by atoms with E-state index in [2.05, 4.69) is 26.2 Å². The molecule has 0 unspecified atom stereocenters. The smallest absolute Gasteiger partial charge is 0.352 e. The lowest BCUT2D eigenvalue weighted by Crippen LogP contribution is -2.62. The number of nitrogens with zero attached hydrogens (tertiary/aromatic N) is 5. The van der Waals surface area contributed by atoms with E-state index in [4.69, 9.17) is 22.2 Å².